The minimum atomic E-state index is -0.0792. The first kappa shape index (κ1) is 14.9. The number of rotatable bonds is 4. The standard InChI is InChI=1S/C17H26N2O/c1-12(2)11-13(3)19(4)17(20)16-10-9-14-7-5-6-8-15(14)18-16/h5-8,12-13,16,18H,9-11H2,1-4H3. The van der Waals surface area contributed by atoms with Crippen LogP contribution in [0.25, 0.3) is 0 Å². The van der Waals surface area contributed by atoms with Crippen LogP contribution in [-0.2, 0) is 11.2 Å². The molecule has 2 unspecified atom stereocenters. The summed E-state index contributed by atoms with van der Waals surface area (Å²) in [6, 6.07) is 8.48. The molecule has 1 aromatic carbocycles. The number of hydrogen-bond acceptors (Lipinski definition) is 2. The van der Waals surface area contributed by atoms with Crippen molar-refractivity contribution in [2.24, 2.45) is 5.92 Å². The first-order valence-electron chi connectivity index (χ1n) is 7.60. The summed E-state index contributed by atoms with van der Waals surface area (Å²) >= 11 is 0. The van der Waals surface area contributed by atoms with Crippen LogP contribution in [0, 0.1) is 5.92 Å². The molecular weight excluding hydrogens is 248 g/mol. The number of carbonyl (C=O) groups is 1. The third-order valence-corrected chi connectivity index (χ3v) is 4.17. The predicted octanol–water partition coefficient (Wildman–Crippen LogP) is 3.31. The molecule has 0 fully saturated rings. The van der Waals surface area contributed by atoms with Crippen LogP contribution >= 0.6 is 0 Å². The molecule has 2 atom stereocenters. The quantitative estimate of drug-likeness (QED) is 0.913. The minimum Gasteiger partial charge on any atom is -0.373 e. The number of fused-ring (bicyclic) bond motifs is 1. The van der Waals surface area contributed by atoms with E-state index in [-0.39, 0.29) is 11.9 Å². The van der Waals surface area contributed by atoms with Crippen molar-refractivity contribution in [3.63, 3.8) is 0 Å². The van der Waals surface area contributed by atoms with Crippen molar-refractivity contribution in [1.29, 1.82) is 0 Å². The molecule has 0 radical (unpaired) electrons. The highest BCUT2D eigenvalue weighted by atomic mass is 16.2. The summed E-state index contributed by atoms with van der Waals surface area (Å²) in [4.78, 5) is 14.5. The lowest BCUT2D eigenvalue weighted by molar-refractivity contribution is -0.132. The molecule has 0 saturated carbocycles. The van der Waals surface area contributed by atoms with Gasteiger partial charge in [-0.2, -0.15) is 0 Å². The molecule has 1 aliphatic heterocycles. The van der Waals surface area contributed by atoms with Crippen molar-refractivity contribution in [2.75, 3.05) is 12.4 Å². The maximum atomic E-state index is 12.6. The van der Waals surface area contributed by atoms with E-state index in [0.717, 1.165) is 24.9 Å². The molecule has 3 nitrogen and oxygen atoms in total. The molecule has 0 aromatic heterocycles. The highest BCUT2D eigenvalue weighted by molar-refractivity contribution is 5.85. The number of amides is 1. The van der Waals surface area contributed by atoms with Crippen LogP contribution in [0.5, 0.6) is 0 Å². The van der Waals surface area contributed by atoms with Gasteiger partial charge < -0.3 is 10.2 Å². The molecule has 3 heteroatoms. The van der Waals surface area contributed by atoms with Gasteiger partial charge >= 0.3 is 0 Å². The number of hydrogen-bond donors (Lipinski definition) is 1. The van der Waals surface area contributed by atoms with Crippen molar-refractivity contribution in [3.05, 3.63) is 29.8 Å². The van der Waals surface area contributed by atoms with Crippen molar-refractivity contribution < 1.29 is 4.79 Å². The zero-order valence-electron chi connectivity index (χ0n) is 13.0. The minimum absolute atomic E-state index is 0.0792. The Morgan fingerprint density at radius 1 is 1.35 bits per heavy atom. The molecular formula is C17H26N2O. The Labute approximate surface area is 122 Å². The van der Waals surface area contributed by atoms with Gasteiger partial charge in [-0.15, -0.1) is 0 Å². The summed E-state index contributed by atoms with van der Waals surface area (Å²) in [7, 11) is 1.93. The molecule has 0 saturated heterocycles. The zero-order valence-corrected chi connectivity index (χ0v) is 13.0. The molecule has 0 bridgehead atoms. The second kappa shape index (κ2) is 6.29. The molecule has 2 rings (SSSR count). The molecule has 1 heterocycles. The zero-order chi connectivity index (χ0) is 14.7. The van der Waals surface area contributed by atoms with Crippen molar-refractivity contribution >= 4 is 11.6 Å². The lowest BCUT2D eigenvalue weighted by Crippen LogP contribution is -2.46. The number of nitrogens with one attached hydrogen (secondary N) is 1. The fourth-order valence-electron chi connectivity index (χ4n) is 2.93. The summed E-state index contributed by atoms with van der Waals surface area (Å²) in [6.45, 7) is 6.53. The largest absolute Gasteiger partial charge is 0.373 e. The topological polar surface area (TPSA) is 32.3 Å². The number of para-hydroxylation sites is 1. The summed E-state index contributed by atoms with van der Waals surface area (Å²) in [5.41, 5.74) is 2.43. The highest BCUT2D eigenvalue weighted by Crippen LogP contribution is 2.25. The van der Waals surface area contributed by atoms with Gasteiger partial charge in [-0.25, -0.2) is 0 Å². The number of aryl methyl sites for hydroxylation is 1. The van der Waals surface area contributed by atoms with E-state index >= 15 is 0 Å². The maximum absolute atomic E-state index is 12.6. The van der Waals surface area contributed by atoms with Gasteiger partial charge in [-0.3, -0.25) is 4.79 Å². The van der Waals surface area contributed by atoms with Crippen molar-refractivity contribution in [3.8, 4) is 0 Å². The molecule has 0 spiro atoms. The van der Waals surface area contributed by atoms with E-state index in [1.165, 1.54) is 5.56 Å². The Bertz CT molecular complexity index is 470. The van der Waals surface area contributed by atoms with Gasteiger partial charge in [-0.05, 0) is 43.7 Å². The third kappa shape index (κ3) is 3.33. The SMILES string of the molecule is CC(C)CC(C)N(C)C(=O)C1CCc2ccccc2N1. The van der Waals surface area contributed by atoms with Crippen LogP contribution < -0.4 is 5.32 Å². The summed E-state index contributed by atoms with van der Waals surface area (Å²) in [5.74, 6) is 0.827. The molecule has 0 aliphatic carbocycles. The summed E-state index contributed by atoms with van der Waals surface area (Å²) < 4.78 is 0. The first-order valence-corrected chi connectivity index (χ1v) is 7.60. The molecule has 1 amide bonds. The molecule has 1 aliphatic rings. The predicted molar refractivity (Wildman–Crippen MR) is 83.9 cm³/mol. The van der Waals surface area contributed by atoms with Gasteiger partial charge in [0.2, 0.25) is 5.91 Å². The van der Waals surface area contributed by atoms with Crippen LogP contribution in [0.1, 0.15) is 39.2 Å². The summed E-state index contributed by atoms with van der Waals surface area (Å²) in [6.07, 6.45) is 2.91. The lowest BCUT2D eigenvalue weighted by atomic mass is 9.96. The molecule has 1 aromatic rings. The molecule has 1 N–H and O–H groups in total. The Hall–Kier alpha value is -1.51. The van der Waals surface area contributed by atoms with Crippen LogP contribution in [-0.4, -0.2) is 29.9 Å². The molecule has 20 heavy (non-hydrogen) atoms. The number of likely N-dealkylation sites (N-methyl/N-ethyl adjacent to an activating group) is 1. The van der Waals surface area contributed by atoms with Gasteiger partial charge in [0.05, 0.1) is 0 Å². The number of anilines is 1. The maximum Gasteiger partial charge on any atom is 0.245 e. The average molecular weight is 274 g/mol. The van der Waals surface area contributed by atoms with Crippen LogP contribution in [0.15, 0.2) is 24.3 Å². The summed E-state index contributed by atoms with van der Waals surface area (Å²) in [5, 5.41) is 3.39. The number of benzene rings is 1. The van der Waals surface area contributed by atoms with E-state index in [0.29, 0.717) is 12.0 Å². The monoisotopic (exact) mass is 274 g/mol. The fraction of sp³-hybridized carbons (Fsp3) is 0.588. The van der Waals surface area contributed by atoms with Gasteiger partial charge in [0.15, 0.2) is 0 Å². The van der Waals surface area contributed by atoms with Crippen LogP contribution in [0.2, 0.25) is 0 Å². The molecule has 110 valence electrons. The second-order valence-electron chi connectivity index (χ2n) is 6.32. The number of carbonyl (C=O) groups excluding carboxylic acids is 1. The third-order valence-electron chi connectivity index (χ3n) is 4.17. The van der Waals surface area contributed by atoms with E-state index in [4.69, 9.17) is 0 Å². The first-order chi connectivity index (χ1) is 9.49. The van der Waals surface area contributed by atoms with E-state index < -0.39 is 0 Å². The van der Waals surface area contributed by atoms with Gasteiger partial charge in [0.1, 0.15) is 6.04 Å². The second-order valence-corrected chi connectivity index (χ2v) is 6.32. The van der Waals surface area contributed by atoms with E-state index in [9.17, 15) is 4.79 Å². The van der Waals surface area contributed by atoms with E-state index in [1.54, 1.807) is 0 Å². The Morgan fingerprint density at radius 2 is 2.05 bits per heavy atom. The van der Waals surface area contributed by atoms with Gasteiger partial charge in [-0.1, -0.05) is 32.0 Å². The Kier molecular flexibility index (Phi) is 4.69. The normalized spacial score (nSPS) is 19.1. The lowest BCUT2D eigenvalue weighted by Gasteiger charge is -2.33. The number of nitrogens with zero attached hydrogens (tertiary/aromatic N) is 1. The van der Waals surface area contributed by atoms with Crippen LogP contribution in [0.3, 0.4) is 0 Å². The smallest absolute Gasteiger partial charge is 0.245 e. The van der Waals surface area contributed by atoms with E-state index in [2.05, 4.69) is 44.3 Å². The van der Waals surface area contributed by atoms with Crippen molar-refractivity contribution in [1.82, 2.24) is 4.90 Å². The highest BCUT2D eigenvalue weighted by Gasteiger charge is 2.28. The van der Waals surface area contributed by atoms with Gasteiger partial charge in [0, 0.05) is 18.8 Å². The Balaban J connectivity index is 2.00. The van der Waals surface area contributed by atoms with Gasteiger partial charge in [0.25, 0.3) is 0 Å². The Morgan fingerprint density at radius 3 is 2.75 bits per heavy atom. The average Bonchev–Trinajstić information content (AvgIpc) is 2.44. The fourth-order valence-corrected chi connectivity index (χ4v) is 2.93. The van der Waals surface area contributed by atoms with E-state index in [1.807, 2.05) is 18.0 Å². The van der Waals surface area contributed by atoms with Crippen LogP contribution in [0.4, 0.5) is 5.69 Å². The van der Waals surface area contributed by atoms with Crippen molar-refractivity contribution in [2.45, 2.75) is 52.1 Å².